The summed E-state index contributed by atoms with van der Waals surface area (Å²) >= 11 is 0. The molecule has 0 aliphatic rings. The second-order valence-electron chi connectivity index (χ2n) is 4.60. The smallest absolute Gasteiger partial charge is 0.223 e. The molecule has 104 valence electrons. The van der Waals surface area contributed by atoms with E-state index >= 15 is 0 Å². The quantitative estimate of drug-likeness (QED) is 0.732. The van der Waals surface area contributed by atoms with Crippen LogP contribution in [0.25, 0.3) is 0 Å². The number of hydrogen-bond donors (Lipinski definition) is 2. The van der Waals surface area contributed by atoms with E-state index in [-0.39, 0.29) is 30.0 Å². The lowest BCUT2D eigenvalue weighted by Gasteiger charge is -2.12. The minimum absolute atomic E-state index is 0.103. The van der Waals surface area contributed by atoms with Crippen LogP contribution in [0.2, 0.25) is 0 Å². The van der Waals surface area contributed by atoms with Crippen LogP contribution in [-0.4, -0.2) is 18.4 Å². The van der Waals surface area contributed by atoms with Crippen molar-refractivity contribution in [3.05, 3.63) is 35.6 Å². The van der Waals surface area contributed by atoms with Crippen molar-refractivity contribution in [1.29, 1.82) is 0 Å². The molecule has 1 rings (SSSR count). The Labute approximate surface area is 112 Å². The summed E-state index contributed by atoms with van der Waals surface area (Å²) in [6, 6.07) is 6.22. The third-order valence-electron chi connectivity index (χ3n) is 2.78. The Morgan fingerprint density at radius 2 is 2.16 bits per heavy atom. The summed E-state index contributed by atoms with van der Waals surface area (Å²) in [6.45, 7) is 2.21. The fourth-order valence-electron chi connectivity index (χ4n) is 1.76. The minimum atomic E-state index is -0.373. The van der Waals surface area contributed by atoms with E-state index in [1.165, 1.54) is 12.1 Å². The number of primary amides is 1. The lowest BCUT2D eigenvalue weighted by Crippen LogP contribution is -2.31. The first-order chi connectivity index (χ1) is 8.99. The molecule has 19 heavy (non-hydrogen) atoms. The SMILES string of the molecule is C[C@H](Cc1cccc(F)c1)C(=O)NCCCC(N)=O. The molecule has 0 aliphatic carbocycles. The van der Waals surface area contributed by atoms with E-state index in [4.69, 9.17) is 5.73 Å². The van der Waals surface area contributed by atoms with Crippen LogP contribution < -0.4 is 11.1 Å². The van der Waals surface area contributed by atoms with Crippen LogP contribution in [-0.2, 0) is 16.0 Å². The standard InChI is InChI=1S/C14H19FN2O2/c1-10(8-11-4-2-5-12(15)9-11)14(19)17-7-3-6-13(16)18/h2,4-5,9-10H,3,6-8H2,1H3,(H2,16,18)(H,17,19)/t10-/m1/s1. The summed E-state index contributed by atoms with van der Waals surface area (Å²) in [5.74, 6) is -1.02. The number of benzene rings is 1. The third-order valence-corrected chi connectivity index (χ3v) is 2.78. The molecule has 0 saturated carbocycles. The van der Waals surface area contributed by atoms with Gasteiger partial charge in [0.05, 0.1) is 0 Å². The first-order valence-electron chi connectivity index (χ1n) is 6.29. The van der Waals surface area contributed by atoms with Gasteiger partial charge >= 0.3 is 0 Å². The first kappa shape index (κ1) is 15.1. The average molecular weight is 266 g/mol. The van der Waals surface area contributed by atoms with E-state index in [1.807, 2.05) is 0 Å². The zero-order chi connectivity index (χ0) is 14.3. The van der Waals surface area contributed by atoms with Gasteiger partial charge in [0, 0.05) is 18.9 Å². The van der Waals surface area contributed by atoms with Gasteiger partial charge in [-0.05, 0) is 30.5 Å². The summed E-state index contributed by atoms with van der Waals surface area (Å²) in [5, 5.41) is 2.73. The van der Waals surface area contributed by atoms with Crippen LogP contribution >= 0.6 is 0 Å². The first-order valence-corrected chi connectivity index (χ1v) is 6.29. The monoisotopic (exact) mass is 266 g/mol. The molecule has 0 spiro atoms. The number of amides is 2. The predicted molar refractivity (Wildman–Crippen MR) is 70.7 cm³/mol. The maximum Gasteiger partial charge on any atom is 0.223 e. The van der Waals surface area contributed by atoms with E-state index in [2.05, 4.69) is 5.32 Å². The molecular weight excluding hydrogens is 247 g/mol. The highest BCUT2D eigenvalue weighted by atomic mass is 19.1. The second kappa shape index (κ2) is 7.51. The third kappa shape index (κ3) is 5.99. The fourth-order valence-corrected chi connectivity index (χ4v) is 1.76. The molecule has 0 bridgehead atoms. The van der Waals surface area contributed by atoms with Crippen molar-refractivity contribution in [2.24, 2.45) is 11.7 Å². The van der Waals surface area contributed by atoms with Crippen molar-refractivity contribution in [2.75, 3.05) is 6.54 Å². The molecule has 4 nitrogen and oxygen atoms in total. The normalized spacial score (nSPS) is 11.9. The van der Waals surface area contributed by atoms with Crippen molar-refractivity contribution in [1.82, 2.24) is 5.32 Å². The number of carbonyl (C=O) groups is 2. The Morgan fingerprint density at radius 1 is 1.42 bits per heavy atom. The molecule has 0 saturated heterocycles. The zero-order valence-electron chi connectivity index (χ0n) is 11.0. The van der Waals surface area contributed by atoms with Crippen LogP contribution in [0.4, 0.5) is 4.39 Å². The molecule has 0 fully saturated rings. The Morgan fingerprint density at radius 3 is 2.79 bits per heavy atom. The lowest BCUT2D eigenvalue weighted by molar-refractivity contribution is -0.124. The molecule has 0 heterocycles. The van der Waals surface area contributed by atoms with Gasteiger partial charge in [-0.2, -0.15) is 0 Å². The van der Waals surface area contributed by atoms with Crippen molar-refractivity contribution < 1.29 is 14.0 Å². The molecule has 1 atom stereocenters. The van der Waals surface area contributed by atoms with Crippen molar-refractivity contribution >= 4 is 11.8 Å². The fraction of sp³-hybridized carbons (Fsp3) is 0.429. The average Bonchev–Trinajstić information content (AvgIpc) is 2.34. The maximum atomic E-state index is 13.0. The highest BCUT2D eigenvalue weighted by Crippen LogP contribution is 2.10. The van der Waals surface area contributed by atoms with Crippen molar-refractivity contribution in [3.8, 4) is 0 Å². The molecule has 1 aromatic carbocycles. The molecule has 2 amide bonds. The van der Waals surface area contributed by atoms with Crippen molar-refractivity contribution in [2.45, 2.75) is 26.2 Å². The minimum Gasteiger partial charge on any atom is -0.370 e. The van der Waals surface area contributed by atoms with Gasteiger partial charge < -0.3 is 11.1 Å². The number of halogens is 1. The molecule has 5 heteroatoms. The van der Waals surface area contributed by atoms with Gasteiger partial charge in [0.1, 0.15) is 5.82 Å². The van der Waals surface area contributed by atoms with Gasteiger partial charge in [-0.3, -0.25) is 9.59 Å². The molecule has 0 unspecified atom stereocenters. The zero-order valence-corrected chi connectivity index (χ0v) is 11.0. The molecule has 0 aliphatic heterocycles. The van der Waals surface area contributed by atoms with Gasteiger partial charge in [0.15, 0.2) is 0 Å². The maximum absolute atomic E-state index is 13.0. The molecule has 0 radical (unpaired) electrons. The number of nitrogens with one attached hydrogen (secondary N) is 1. The van der Waals surface area contributed by atoms with Crippen molar-refractivity contribution in [3.63, 3.8) is 0 Å². The van der Waals surface area contributed by atoms with Crippen LogP contribution in [0.1, 0.15) is 25.3 Å². The van der Waals surface area contributed by atoms with Gasteiger partial charge in [-0.25, -0.2) is 4.39 Å². The van der Waals surface area contributed by atoms with E-state index in [1.54, 1.807) is 19.1 Å². The van der Waals surface area contributed by atoms with E-state index in [9.17, 15) is 14.0 Å². The summed E-state index contributed by atoms with van der Waals surface area (Å²) < 4.78 is 13.0. The summed E-state index contributed by atoms with van der Waals surface area (Å²) in [4.78, 5) is 22.3. The van der Waals surface area contributed by atoms with E-state index < -0.39 is 0 Å². The predicted octanol–water partition coefficient (Wildman–Crippen LogP) is 1.39. The van der Waals surface area contributed by atoms with Gasteiger partial charge in [0.25, 0.3) is 0 Å². The number of hydrogen-bond acceptors (Lipinski definition) is 2. The highest BCUT2D eigenvalue weighted by molar-refractivity contribution is 5.78. The molecule has 3 N–H and O–H groups in total. The van der Waals surface area contributed by atoms with Crippen LogP contribution in [0.15, 0.2) is 24.3 Å². The summed E-state index contributed by atoms with van der Waals surface area (Å²) in [6.07, 6.45) is 1.28. The number of nitrogens with two attached hydrogens (primary N) is 1. The van der Waals surface area contributed by atoms with E-state index in [0.717, 1.165) is 5.56 Å². The van der Waals surface area contributed by atoms with Crippen LogP contribution in [0.5, 0.6) is 0 Å². The highest BCUT2D eigenvalue weighted by Gasteiger charge is 2.13. The van der Waals surface area contributed by atoms with Crippen LogP contribution in [0, 0.1) is 11.7 Å². The van der Waals surface area contributed by atoms with Crippen LogP contribution in [0.3, 0.4) is 0 Å². The second-order valence-corrected chi connectivity index (χ2v) is 4.60. The Bertz CT molecular complexity index is 449. The lowest BCUT2D eigenvalue weighted by atomic mass is 10.0. The van der Waals surface area contributed by atoms with Gasteiger partial charge in [-0.1, -0.05) is 19.1 Å². The number of rotatable bonds is 7. The Balaban J connectivity index is 2.34. The summed E-state index contributed by atoms with van der Waals surface area (Å²) in [5.41, 5.74) is 5.79. The van der Waals surface area contributed by atoms with Gasteiger partial charge in [0.2, 0.25) is 11.8 Å². The topological polar surface area (TPSA) is 72.2 Å². The Kier molecular flexibility index (Phi) is 5.99. The molecular formula is C14H19FN2O2. The Hall–Kier alpha value is -1.91. The molecule has 1 aromatic rings. The van der Waals surface area contributed by atoms with E-state index in [0.29, 0.717) is 19.4 Å². The van der Waals surface area contributed by atoms with Gasteiger partial charge in [-0.15, -0.1) is 0 Å². The summed E-state index contributed by atoms with van der Waals surface area (Å²) in [7, 11) is 0. The number of carbonyl (C=O) groups excluding carboxylic acids is 2. The molecule has 0 aromatic heterocycles. The largest absolute Gasteiger partial charge is 0.370 e.